The SMILES string of the molecule is Cc1c(-c2ccccc2)nc2ccc(Br)cc2c1C(=O)NC12CCC(C3=NOSN3)(CC1)CC2. The molecule has 2 aromatic carbocycles. The Hall–Kier alpha value is -2.58. The number of nitrogens with zero attached hydrogens (tertiary/aromatic N) is 2. The van der Waals surface area contributed by atoms with Crippen molar-refractivity contribution in [1.82, 2.24) is 15.0 Å². The number of carbonyl (C=O) groups excluding carboxylic acids is 1. The van der Waals surface area contributed by atoms with Gasteiger partial charge in [-0.2, -0.15) is 0 Å². The third kappa shape index (κ3) is 3.58. The monoisotopic (exact) mass is 536 g/mol. The molecule has 0 spiro atoms. The van der Waals surface area contributed by atoms with Crippen LogP contribution in [0.2, 0.25) is 0 Å². The molecule has 2 bridgehead atoms. The number of hydrogen-bond acceptors (Lipinski definition) is 6. The molecule has 174 valence electrons. The largest absolute Gasteiger partial charge is 0.347 e. The Balaban J connectivity index is 1.36. The number of amides is 1. The van der Waals surface area contributed by atoms with Crippen LogP contribution in [0.25, 0.3) is 22.2 Å². The normalized spacial score (nSPS) is 25.5. The number of halogens is 1. The van der Waals surface area contributed by atoms with E-state index in [2.05, 4.69) is 31.1 Å². The summed E-state index contributed by atoms with van der Waals surface area (Å²) in [4.78, 5) is 18.9. The van der Waals surface area contributed by atoms with Crippen LogP contribution in [-0.2, 0) is 4.28 Å². The summed E-state index contributed by atoms with van der Waals surface area (Å²) in [6.45, 7) is 2.01. The molecule has 0 atom stereocenters. The molecule has 1 aliphatic heterocycles. The average Bonchev–Trinajstić information content (AvgIpc) is 3.41. The predicted molar refractivity (Wildman–Crippen MR) is 139 cm³/mol. The van der Waals surface area contributed by atoms with Gasteiger partial charge in [0.2, 0.25) is 12.2 Å². The van der Waals surface area contributed by atoms with Crippen LogP contribution in [0.15, 0.2) is 58.2 Å². The maximum atomic E-state index is 13.9. The number of aromatic nitrogens is 1. The van der Waals surface area contributed by atoms with Crippen molar-refractivity contribution in [2.75, 3.05) is 0 Å². The van der Waals surface area contributed by atoms with Gasteiger partial charge in [-0.05, 0) is 69.2 Å². The van der Waals surface area contributed by atoms with Crippen molar-refractivity contribution >= 4 is 50.8 Å². The first-order chi connectivity index (χ1) is 16.5. The highest BCUT2D eigenvalue weighted by Gasteiger charge is 2.53. The lowest BCUT2D eigenvalue weighted by Crippen LogP contribution is -2.59. The number of oxime groups is 1. The number of carbonyl (C=O) groups is 1. The van der Waals surface area contributed by atoms with Gasteiger partial charge in [0.15, 0.2) is 5.84 Å². The van der Waals surface area contributed by atoms with Crippen LogP contribution in [0.4, 0.5) is 0 Å². The minimum Gasteiger partial charge on any atom is -0.347 e. The van der Waals surface area contributed by atoms with Gasteiger partial charge in [-0.25, -0.2) is 4.98 Å². The van der Waals surface area contributed by atoms with E-state index in [9.17, 15) is 4.79 Å². The molecule has 3 aromatic rings. The number of rotatable bonds is 4. The maximum absolute atomic E-state index is 13.9. The second kappa shape index (κ2) is 8.27. The molecule has 2 N–H and O–H groups in total. The Bertz CT molecular complexity index is 1300. The molecule has 3 fully saturated rings. The molecule has 0 unspecified atom stereocenters. The fourth-order valence-electron chi connectivity index (χ4n) is 5.87. The fourth-order valence-corrected chi connectivity index (χ4v) is 6.71. The Morgan fingerprint density at radius 3 is 2.50 bits per heavy atom. The molecule has 2 heterocycles. The summed E-state index contributed by atoms with van der Waals surface area (Å²) in [5, 5.41) is 8.59. The van der Waals surface area contributed by atoms with Crippen molar-refractivity contribution in [3.8, 4) is 11.3 Å². The van der Waals surface area contributed by atoms with Gasteiger partial charge in [-0.15, -0.1) is 0 Å². The Morgan fingerprint density at radius 1 is 1.09 bits per heavy atom. The van der Waals surface area contributed by atoms with Crippen LogP contribution < -0.4 is 10.0 Å². The summed E-state index contributed by atoms with van der Waals surface area (Å²) in [5.41, 5.74) is 4.20. The third-order valence-electron chi connectivity index (χ3n) is 7.90. The molecule has 0 saturated heterocycles. The molecule has 1 amide bonds. The van der Waals surface area contributed by atoms with Crippen molar-refractivity contribution in [3.05, 3.63) is 64.1 Å². The number of nitrogens with one attached hydrogen (secondary N) is 2. The van der Waals surface area contributed by atoms with Gasteiger partial charge >= 0.3 is 0 Å². The molecule has 8 heteroatoms. The highest BCUT2D eigenvalue weighted by molar-refractivity contribution is 9.10. The van der Waals surface area contributed by atoms with Crippen LogP contribution in [0, 0.1) is 12.3 Å². The molecule has 7 rings (SSSR count). The first kappa shape index (κ1) is 21.9. The summed E-state index contributed by atoms with van der Waals surface area (Å²) in [6.07, 6.45) is 5.84. The molecule has 3 saturated carbocycles. The minimum absolute atomic E-state index is 0.00944. The standard InChI is InChI=1S/C26H25BrN4O2S/c1-16-21(19-15-18(27)7-8-20(19)28-22(16)17-5-3-2-4-6-17)23(32)29-26-12-9-25(10-13-26,11-14-26)24-30-33-34-31-24/h2-8,15H,9-14H2,1H3,(H,29,32)(H,30,31). The summed E-state index contributed by atoms with van der Waals surface area (Å²) >= 11 is 4.77. The molecule has 3 aliphatic carbocycles. The number of amidine groups is 1. The van der Waals surface area contributed by atoms with E-state index in [1.165, 1.54) is 12.2 Å². The van der Waals surface area contributed by atoms with Crippen molar-refractivity contribution in [2.45, 2.75) is 51.0 Å². The number of benzene rings is 2. The smallest absolute Gasteiger partial charge is 0.252 e. The first-order valence-corrected chi connectivity index (χ1v) is 13.2. The average molecular weight is 537 g/mol. The van der Waals surface area contributed by atoms with Crippen LogP contribution in [-0.4, -0.2) is 22.3 Å². The topological polar surface area (TPSA) is 75.6 Å². The molecular weight excluding hydrogens is 512 g/mol. The van der Waals surface area contributed by atoms with Crippen molar-refractivity contribution in [3.63, 3.8) is 0 Å². The summed E-state index contributed by atoms with van der Waals surface area (Å²) in [6, 6.07) is 16.1. The van der Waals surface area contributed by atoms with Crippen molar-refractivity contribution in [2.24, 2.45) is 10.6 Å². The predicted octanol–water partition coefficient (Wildman–Crippen LogP) is 6.29. The lowest BCUT2D eigenvalue weighted by Gasteiger charge is -2.53. The quantitative estimate of drug-likeness (QED) is 0.302. The zero-order chi connectivity index (χ0) is 23.3. The van der Waals surface area contributed by atoms with Gasteiger partial charge in [0.1, 0.15) is 0 Å². The fraction of sp³-hybridized carbons (Fsp3) is 0.346. The van der Waals surface area contributed by atoms with E-state index < -0.39 is 0 Å². The minimum atomic E-state index is -0.174. The van der Waals surface area contributed by atoms with Gasteiger partial charge in [0.25, 0.3) is 5.91 Å². The van der Waals surface area contributed by atoms with Crippen LogP contribution in [0.3, 0.4) is 0 Å². The molecule has 34 heavy (non-hydrogen) atoms. The molecule has 1 aromatic heterocycles. The molecule has 6 nitrogen and oxygen atoms in total. The van der Waals surface area contributed by atoms with Gasteiger partial charge < -0.3 is 5.32 Å². The van der Waals surface area contributed by atoms with E-state index in [4.69, 9.17) is 9.27 Å². The van der Waals surface area contributed by atoms with Crippen LogP contribution in [0.5, 0.6) is 0 Å². The first-order valence-electron chi connectivity index (χ1n) is 11.6. The van der Waals surface area contributed by atoms with Gasteiger partial charge in [-0.1, -0.05) is 51.4 Å². The second-order valence-corrected chi connectivity index (χ2v) is 11.1. The van der Waals surface area contributed by atoms with E-state index in [-0.39, 0.29) is 16.9 Å². The van der Waals surface area contributed by atoms with E-state index in [0.717, 1.165) is 76.6 Å². The number of hydrogen-bond donors (Lipinski definition) is 2. The molecule has 4 aliphatic rings. The Morgan fingerprint density at radius 2 is 1.82 bits per heavy atom. The lowest BCUT2D eigenvalue weighted by molar-refractivity contribution is 0.0556. The van der Waals surface area contributed by atoms with Gasteiger partial charge in [0, 0.05) is 26.4 Å². The zero-order valence-corrected chi connectivity index (χ0v) is 21.3. The Labute approximate surface area is 211 Å². The summed E-state index contributed by atoms with van der Waals surface area (Å²) in [5.74, 6) is 0.954. The van der Waals surface area contributed by atoms with E-state index >= 15 is 0 Å². The number of pyridine rings is 1. The lowest BCUT2D eigenvalue weighted by atomic mass is 9.56. The third-order valence-corrected chi connectivity index (χ3v) is 8.82. The molecule has 0 radical (unpaired) electrons. The van der Waals surface area contributed by atoms with Crippen molar-refractivity contribution in [1.29, 1.82) is 0 Å². The highest BCUT2D eigenvalue weighted by atomic mass is 79.9. The van der Waals surface area contributed by atoms with Crippen LogP contribution >= 0.6 is 28.2 Å². The zero-order valence-electron chi connectivity index (χ0n) is 18.9. The van der Waals surface area contributed by atoms with Gasteiger partial charge in [0.05, 0.1) is 16.8 Å². The second-order valence-electron chi connectivity index (χ2n) is 9.70. The number of fused-ring (bicyclic) bond motifs is 4. The van der Waals surface area contributed by atoms with Crippen molar-refractivity contribution < 1.29 is 9.08 Å². The van der Waals surface area contributed by atoms with Crippen LogP contribution in [0.1, 0.15) is 54.4 Å². The summed E-state index contributed by atoms with van der Waals surface area (Å²) in [7, 11) is 0. The maximum Gasteiger partial charge on any atom is 0.252 e. The highest BCUT2D eigenvalue weighted by Crippen LogP contribution is 2.53. The van der Waals surface area contributed by atoms with E-state index in [1.54, 1.807) is 0 Å². The van der Waals surface area contributed by atoms with E-state index in [0.29, 0.717) is 5.56 Å². The van der Waals surface area contributed by atoms with Gasteiger partial charge in [-0.3, -0.25) is 13.8 Å². The Kier molecular flexibility index (Phi) is 5.33. The summed E-state index contributed by atoms with van der Waals surface area (Å²) < 4.78 is 9.29. The van der Waals surface area contributed by atoms with E-state index in [1.807, 2.05) is 55.5 Å². The molecular formula is C26H25BrN4O2S.